The third-order valence-electron chi connectivity index (χ3n) is 10.5. The molecule has 1 aliphatic heterocycles. The molecule has 2 aliphatic rings. The van der Waals surface area contributed by atoms with E-state index in [0.29, 0.717) is 11.2 Å². The van der Waals surface area contributed by atoms with Crippen molar-refractivity contribution >= 4 is 36.9 Å². The fraction of sp³-hybridized carbons (Fsp3) is 0.378. The molecule has 1 saturated carbocycles. The Morgan fingerprint density at radius 2 is 1.45 bits per heavy atom. The molecule has 2 fully saturated rings. The van der Waals surface area contributed by atoms with Crippen LogP contribution < -0.4 is 10.5 Å². The summed E-state index contributed by atoms with van der Waals surface area (Å²) in [6, 6.07) is 28.5. The highest BCUT2D eigenvalue weighted by molar-refractivity contribution is 6.74. The summed E-state index contributed by atoms with van der Waals surface area (Å²) in [5.74, 6) is 0.943. The molecular weight excluding hydrogens is 658 g/mol. The lowest BCUT2D eigenvalue weighted by Gasteiger charge is -2.43. The molecule has 12 heteroatoms. The van der Waals surface area contributed by atoms with Crippen LogP contribution in [0.2, 0.25) is 23.4 Å². The third-order valence-corrected chi connectivity index (χ3v) is 15.1. The molecule has 49 heavy (non-hydrogen) atoms. The van der Waals surface area contributed by atoms with E-state index in [4.69, 9.17) is 40.7 Å². The van der Waals surface area contributed by atoms with E-state index >= 15 is 0 Å². The topological polar surface area (TPSA) is 116 Å². The maximum atomic E-state index is 7.52. The summed E-state index contributed by atoms with van der Waals surface area (Å²) in [6.45, 7) is 11.1. The van der Waals surface area contributed by atoms with Crippen molar-refractivity contribution in [3.8, 4) is 5.75 Å². The normalized spacial score (nSPS) is 23.8. The summed E-state index contributed by atoms with van der Waals surface area (Å²) in [6.07, 6.45) is -0.615. The lowest BCUT2D eigenvalue weighted by atomic mass is 9.80. The number of imidazole rings is 1. The van der Waals surface area contributed by atoms with Gasteiger partial charge >= 0.3 is 0 Å². The number of hydrogen-bond donors (Lipinski definition) is 1. The van der Waals surface area contributed by atoms with Crippen molar-refractivity contribution in [2.24, 2.45) is 0 Å². The fourth-order valence-electron chi connectivity index (χ4n) is 6.79. The van der Waals surface area contributed by atoms with Gasteiger partial charge in [-0.25, -0.2) is 4.98 Å². The number of fused-ring (bicyclic) bond motifs is 2. The van der Waals surface area contributed by atoms with E-state index in [-0.39, 0.29) is 16.1 Å². The molecular formula is C37H42ClN5O5Si. The Hall–Kier alpha value is -3.84. The van der Waals surface area contributed by atoms with Gasteiger partial charge in [-0.3, -0.25) is 4.57 Å². The Morgan fingerprint density at radius 3 is 2.00 bits per heavy atom. The number of rotatable bonds is 10. The molecule has 0 bridgehead atoms. The highest BCUT2D eigenvalue weighted by atomic mass is 35.5. The molecule has 3 aromatic carbocycles. The predicted octanol–water partition coefficient (Wildman–Crippen LogP) is 7.13. The second-order valence-electron chi connectivity index (χ2n) is 14.2. The Kier molecular flexibility index (Phi) is 8.37. The van der Waals surface area contributed by atoms with Crippen LogP contribution in [0.3, 0.4) is 0 Å². The van der Waals surface area contributed by atoms with Crippen LogP contribution in [0.5, 0.6) is 5.75 Å². The first-order valence-corrected chi connectivity index (χ1v) is 19.6. The van der Waals surface area contributed by atoms with E-state index in [2.05, 4.69) is 85.2 Å². The predicted molar refractivity (Wildman–Crippen MR) is 191 cm³/mol. The number of ether oxygens (including phenoxy) is 4. The third kappa shape index (κ3) is 5.35. The largest absolute Gasteiger partial charge is 0.497 e. The van der Waals surface area contributed by atoms with Crippen LogP contribution in [0, 0.1) is 0 Å². The first-order valence-electron chi connectivity index (χ1n) is 16.3. The minimum Gasteiger partial charge on any atom is -0.497 e. The van der Waals surface area contributed by atoms with Crippen LogP contribution in [-0.2, 0) is 24.2 Å². The molecule has 0 spiro atoms. The molecule has 1 aliphatic carbocycles. The summed E-state index contributed by atoms with van der Waals surface area (Å²) in [5.41, 5.74) is 7.94. The van der Waals surface area contributed by atoms with Crippen molar-refractivity contribution in [3.05, 3.63) is 113 Å². The number of nitrogens with two attached hydrogens (primary N) is 1. The molecule has 5 atom stereocenters. The number of aromatic nitrogens is 4. The maximum absolute atomic E-state index is 7.52. The number of benzene rings is 3. The minimum atomic E-state index is -2.43. The van der Waals surface area contributed by atoms with Gasteiger partial charge in [0.05, 0.1) is 13.4 Å². The molecule has 3 heterocycles. The van der Waals surface area contributed by atoms with Gasteiger partial charge in [-0.05, 0) is 58.6 Å². The molecule has 0 radical (unpaired) electrons. The summed E-state index contributed by atoms with van der Waals surface area (Å²) >= 11 is 6.28. The Bertz CT molecular complexity index is 1910. The number of methoxy groups -OCH3 is 2. The second-order valence-corrected chi connectivity index (χ2v) is 19.3. The fourth-order valence-corrected chi connectivity index (χ4v) is 8.25. The van der Waals surface area contributed by atoms with Gasteiger partial charge in [0.1, 0.15) is 35.2 Å². The van der Waals surface area contributed by atoms with Crippen LogP contribution in [0.15, 0.2) is 91.3 Å². The summed E-state index contributed by atoms with van der Waals surface area (Å²) in [4.78, 5) is 13.1. The Morgan fingerprint density at radius 1 is 0.857 bits per heavy atom. The number of nitrogens with zero attached hydrogens (tertiary/aromatic N) is 4. The quantitative estimate of drug-likeness (QED) is 0.0923. The monoisotopic (exact) mass is 699 g/mol. The van der Waals surface area contributed by atoms with E-state index in [1.54, 1.807) is 20.5 Å². The first-order chi connectivity index (χ1) is 23.4. The van der Waals surface area contributed by atoms with Gasteiger partial charge in [-0.15, -0.1) is 0 Å². The zero-order valence-electron chi connectivity index (χ0n) is 28.8. The summed E-state index contributed by atoms with van der Waals surface area (Å²) in [5, 5.41) is -0.0849. The Balaban J connectivity index is 1.38. The molecule has 10 nitrogen and oxygen atoms in total. The number of halogens is 1. The van der Waals surface area contributed by atoms with Crippen LogP contribution in [0.4, 0.5) is 5.82 Å². The SMILES string of the molecule is COc1ccc(C(OC2[C@H]3O[C@@H](n4cnc5c(N)nc(Cl)nc54)C(O[Si](C)(C)C(C)(C)C)[C@@]23OC)(c2ccccc2)c2ccccc2)cc1. The molecule has 2 aromatic heterocycles. The van der Waals surface area contributed by atoms with Crippen LogP contribution in [0.1, 0.15) is 43.7 Å². The Labute approximate surface area is 292 Å². The van der Waals surface area contributed by atoms with E-state index in [1.165, 1.54) is 0 Å². The molecule has 1 saturated heterocycles. The van der Waals surface area contributed by atoms with Crippen LogP contribution >= 0.6 is 11.6 Å². The highest BCUT2D eigenvalue weighted by Gasteiger charge is 2.81. The average molecular weight is 700 g/mol. The lowest BCUT2D eigenvalue weighted by molar-refractivity contribution is -0.135. The molecule has 7 rings (SSSR count). The van der Waals surface area contributed by atoms with Crippen molar-refractivity contribution in [1.82, 2.24) is 19.5 Å². The summed E-state index contributed by atoms with van der Waals surface area (Å²) in [7, 11) is 0.934. The number of hydrogen-bond acceptors (Lipinski definition) is 9. The lowest BCUT2D eigenvalue weighted by Crippen LogP contribution is -2.52. The van der Waals surface area contributed by atoms with Gasteiger partial charge in [-0.2, -0.15) is 9.97 Å². The molecule has 0 amide bonds. The van der Waals surface area contributed by atoms with Crippen LogP contribution in [-0.4, -0.2) is 66.0 Å². The van der Waals surface area contributed by atoms with Crippen molar-refractivity contribution in [3.63, 3.8) is 0 Å². The van der Waals surface area contributed by atoms with E-state index < -0.39 is 44.1 Å². The van der Waals surface area contributed by atoms with Gasteiger partial charge in [0.25, 0.3) is 0 Å². The zero-order chi connectivity index (χ0) is 34.8. The standard InChI is InChI=1S/C37H42ClN5O5Si/c1-35(2,3)49(6,7)48-30-33(43-22-40-27-31(39)41-34(38)42-32(27)43)46-28-29(37(28,30)45-5)47-36(23-14-10-8-11-15-23,24-16-12-9-13-17-24)25-18-20-26(44-4)21-19-25/h8-22,28-30,33H,1-7H3,(H2,39,41,42)/t28-,29?,30?,33-,37+/m1/s1. The summed E-state index contributed by atoms with van der Waals surface area (Å²) < 4.78 is 35.6. The highest BCUT2D eigenvalue weighted by Crippen LogP contribution is 2.62. The van der Waals surface area contributed by atoms with Gasteiger partial charge in [0.15, 0.2) is 31.6 Å². The first kappa shape index (κ1) is 33.6. The average Bonchev–Trinajstić information content (AvgIpc) is 3.31. The molecule has 2 N–H and O–H groups in total. The van der Waals surface area contributed by atoms with Gasteiger partial charge in [0, 0.05) is 7.11 Å². The van der Waals surface area contributed by atoms with Crippen molar-refractivity contribution < 1.29 is 23.4 Å². The zero-order valence-corrected chi connectivity index (χ0v) is 30.5. The second kappa shape index (κ2) is 12.2. The minimum absolute atomic E-state index is 0.0226. The maximum Gasteiger partial charge on any atom is 0.226 e. The van der Waals surface area contributed by atoms with Gasteiger partial charge < -0.3 is 29.1 Å². The van der Waals surface area contributed by atoms with E-state index in [1.807, 2.05) is 53.1 Å². The molecule has 2 unspecified atom stereocenters. The number of nitrogen functional groups attached to an aromatic ring is 1. The molecule has 256 valence electrons. The smallest absolute Gasteiger partial charge is 0.226 e. The van der Waals surface area contributed by atoms with Crippen LogP contribution in [0.25, 0.3) is 11.2 Å². The van der Waals surface area contributed by atoms with Crippen molar-refractivity contribution in [2.75, 3.05) is 20.0 Å². The van der Waals surface area contributed by atoms with Gasteiger partial charge in [-0.1, -0.05) is 93.6 Å². The van der Waals surface area contributed by atoms with Gasteiger partial charge in [0.2, 0.25) is 5.28 Å². The van der Waals surface area contributed by atoms with E-state index in [0.717, 1.165) is 22.4 Å². The van der Waals surface area contributed by atoms with Crippen molar-refractivity contribution in [2.45, 2.75) is 74.6 Å². The van der Waals surface area contributed by atoms with Crippen molar-refractivity contribution in [1.29, 1.82) is 0 Å². The molecule has 5 aromatic rings. The van der Waals surface area contributed by atoms with E-state index in [9.17, 15) is 0 Å². The number of anilines is 1.